The third-order valence-corrected chi connectivity index (χ3v) is 5.67. The number of hydrogen-bond acceptors (Lipinski definition) is 3. The predicted octanol–water partition coefficient (Wildman–Crippen LogP) is 1.85. The van der Waals surface area contributed by atoms with Crippen LogP contribution in [0.15, 0.2) is 23.1 Å². The molecule has 0 N–H and O–H groups in total. The van der Waals surface area contributed by atoms with Gasteiger partial charge in [-0.05, 0) is 44.5 Å². The summed E-state index contributed by atoms with van der Waals surface area (Å²) in [5, 5.41) is 0. The lowest BCUT2D eigenvalue weighted by Gasteiger charge is -2.36. The molecule has 6 heteroatoms. The maximum atomic E-state index is 13.3. The van der Waals surface area contributed by atoms with Crippen molar-refractivity contribution in [2.75, 3.05) is 26.2 Å². The Balaban J connectivity index is 2.17. The maximum absolute atomic E-state index is 13.3. The summed E-state index contributed by atoms with van der Waals surface area (Å²) < 4.78 is 39.8. The topological polar surface area (TPSA) is 40.6 Å². The van der Waals surface area contributed by atoms with Crippen LogP contribution in [0.25, 0.3) is 0 Å². The van der Waals surface area contributed by atoms with Crippen molar-refractivity contribution in [1.29, 1.82) is 0 Å². The fourth-order valence-corrected chi connectivity index (χ4v) is 3.89. The lowest BCUT2D eigenvalue weighted by molar-refractivity contribution is 0.154. The molecule has 1 aliphatic rings. The molecular formula is C14H21FN2O2S. The number of aryl methyl sites for hydroxylation is 1. The van der Waals surface area contributed by atoms with Gasteiger partial charge in [-0.3, -0.25) is 4.90 Å². The highest BCUT2D eigenvalue weighted by molar-refractivity contribution is 7.89. The van der Waals surface area contributed by atoms with E-state index in [1.165, 1.54) is 22.5 Å². The molecule has 0 amide bonds. The standard InChI is InChI=1S/C14H21FN2O2S/c1-11(2)16-6-8-17(9-7-16)20(18,19)13-4-5-14(15)12(3)10-13/h4-5,10-11H,6-9H2,1-3H3. The van der Waals surface area contributed by atoms with E-state index in [1.54, 1.807) is 6.92 Å². The van der Waals surface area contributed by atoms with Crippen LogP contribution in [0.1, 0.15) is 19.4 Å². The number of rotatable bonds is 3. The Morgan fingerprint density at radius 2 is 1.75 bits per heavy atom. The van der Waals surface area contributed by atoms with Gasteiger partial charge >= 0.3 is 0 Å². The van der Waals surface area contributed by atoms with E-state index in [2.05, 4.69) is 18.7 Å². The van der Waals surface area contributed by atoms with Crippen molar-refractivity contribution in [3.63, 3.8) is 0 Å². The van der Waals surface area contributed by atoms with E-state index in [1.807, 2.05) is 0 Å². The zero-order valence-corrected chi connectivity index (χ0v) is 13.0. The second kappa shape index (κ2) is 5.79. The second-order valence-electron chi connectivity index (χ2n) is 5.44. The summed E-state index contributed by atoms with van der Waals surface area (Å²) in [4.78, 5) is 2.43. The molecule has 0 unspecified atom stereocenters. The summed E-state index contributed by atoms with van der Waals surface area (Å²) in [6.45, 7) is 8.22. The van der Waals surface area contributed by atoms with Crippen molar-refractivity contribution in [1.82, 2.24) is 9.21 Å². The molecule has 0 aromatic heterocycles. The highest BCUT2D eigenvalue weighted by Gasteiger charge is 2.29. The van der Waals surface area contributed by atoms with Crippen LogP contribution in [0.5, 0.6) is 0 Å². The molecule has 0 radical (unpaired) electrons. The molecule has 0 bridgehead atoms. The quantitative estimate of drug-likeness (QED) is 0.855. The van der Waals surface area contributed by atoms with Gasteiger partial charge in [0.05, 0.1) is 4.90 Å². The van der Waals surface area contributed by atoms with Gasteiger partial charge in [-0.15, -0.1) is 0 Å². The van der Waals surface area contributed by atoms with E-state index in [0.717, 1.165) is 13.1 Å². The zero-order chi connectivity index (χ0) is 14.9. The lowest BCUT2D eigenvalue weighted by atomic mass is 10.2. The van der Waals surface area contributed by atoms with E-state index in [4.69, 9.17) is 0 Å². The molecule has 1 fully saturated rings. The normalized spacial score (nSPS) is 18.6. The molecule has 2 rings (SSSR count). The average molecular weight is 300 g/mol. The van der Waals surface area contributed by atoms with E-state index in [9.17, 15) is 12.8 Å². The predicted molar refractivity (Wildman–Crippen MR) is 76.6 cm³/mol. The van der Waals surface area contributed by atoms with Crippen molar-refractivity contribution in [2.24, 2.45) is 0 Å². The number of piperazine rings is 1. The fourth-order valence-electron chi connectivity index (χ4n) is 2.39. The first kappa shape index (κ1) is 15.4. The molecule has 1 aliphatic heterocycles. The van der Waals surface area contributed by atoms with Gasteiger partial charge in [-0.2, -0.15) is 4.31 Å². The summed E-state index contributed by atoms with van der Waals surface area (Å²) in [6.07, 6.45) is 0. The molecule has 1 saturated heterocycles. The summed E-state index contributed by atoms with van der Waals surface area (Å²) >= 11 is 0. The van der Waals surface area contributed by atoms with Gasteiger partial charge in [0.15, 0.2) is 0 Å². The van der Waals surface area contributed by atoms with Crippen LogP contribution in [-0.2, 0) is 10.0 Å². The number of benzene rings is 1. The lowest BCUT2D eigenvalue weighted by Crippen LogP contribution is -2.50. The van der Waals surface area contributed by atoms with E-state index >= 15 is 0 Å². The van der Waals surface area contributed by atoms with Gasteiger partial charge in [0, 0.05) is 32.2 Å². The molecule has 1 aromatic rings. The third kappa shape index (κ3) is 3.02. The summed E-state index contributed by atoms with van der Waals surface area (Å²) in [7, 11) is -3.51. The minimum Gasteiger partial charge on any atom is -0.298 e. The van der Waals surface area contributed by atoms with E-state index in [0.29, 0.717) is 24.7 Å². The van der Waals surface area contributed by atoms with Crippen LogP contribution >= 0.6 is 0 Å². The largest absolute Gasteiger partial charge is 0.298 e. The molecular weight excluding hydrogens is 279 g/mol. The van der Waals surface area contributed by atoms with Gasteiger partial charge in [-0.1, -0.05) is 0 Å². The highest BCUT2D eigenvalue weighted by atomic mass is 32.2. The summed E-state index contributed by atoms with van der Waals surface area (Å²) in [5.41, 5.74) is 0.354. The first-order valence-electron chi connectivity index (χ1n) is 6.82. The molecule has 4 nitrogen and oxygen atoms in total. The van der Waals surface area contributed by atoms with E-state index < -0.39 is 10.0 Å². The minimum atomic E-state index is -3.51. The number of nitrogens with zero attached hydrogens (tertiary/aromatic N) is 2. The third-order valence-electron chi connectivity index (χ3n) is 3.77. The van der Waals surface area contributed by atoms with Crippen LogP contribution in [0.2, 0.25) is 0 Å². The zero-order valence-electron chi connectivity index (χ0n) is 12.1. The monoisotopic (exact) mass is 300 g/mol. The number of halogens is 1. The summed E-state index contributed by atoms with van der Waals surface area (Å²) in [5.74, 6) is -0.381. The number of hydrogen-bond donors (Lipinski definition) is 0. The van der Waals surface area contributed by atoms with Crippen LogP contribution in [0.4, 0.5) is 4.39 Å². The first-order valence-corrected chi connectivity index (χ1v) is 8.26. The highest BCUT2D eigenvalue weighted by Crippen LogP contribution is 2.20. The van der Waals surface area contributed by atoms with Crippen molar-refractivity contribution < 1.29 is 12.8 Å². The van der Waals surface area contributed by atoms with Crippen LogP contribution in [0.3, 0.4) is 0 Å². The van der Waals surface area contributed by atoms with E-state index in [-0.39, 0.29) is 10.7 Å². The molecule has 112 valence electrons. The van der Waals surface area contributed by atoms with Gasteiger partial charge in [0.1, 0.15) is 5.82 Å². The van der Waals surface area contributed by atoms with Crippen LogP contribution < -0.4 is 0 Å². The Morgan fingerprint density at radius 3 is 2.25 bits per heavy atom. The average Bonchev–Trinajstić information content (AvgIpc) is 2.41. The smallest absolute Gasteiger partial charge is 0.243 e. The molecule has 0 spiro atoms. The molecule has 1 aromatic carbocycles. The van der Waals surface area contributed by atoms with Gasteiger partial charge in [0.25, 0.3) is 0 Å². The summed E-state index contributed by atoms with van der Waals surface area (Å²) in [6, 6.07) is 4.38. The van der Waals surface area contributed by atoms with Gasteiger partial charge < -0.3 is 0 Å². The minimum absolute atomic E-state index is 0.175. The molecule has 20 heavy (non-hydrogen) atoms. The second-order valence-corrected chi connectivity index (χ2v) is 7.38. The van der Waals surface area contributed by atoms with Crippen molar-refractivity contribution >= 4 is 10.0 Å². The molecule has 0 saturated carbocycles. The van der Waals surface area contributed by atoms with Crippen molar-refractivity contribution in [3.05, 3.63) is 29.6 Å². The van der Waals surface area contributed by atoms with Crippen LogP contribution in [-0.4, -0.2) is 49.8 Å². The SMILES string of the molecule is Cc1cc(S(=O)(=O)N2CCN(C(C)C)CC2)ccc1F. The molecule has 0 atom stereocenters. The van der Waals surface area contributed by atoms with Gasteiger partial charge in [0.2, 0.25) is 10.0 Å². The first-order chi connectivity index (χ1) is 9.32. The van der Waals surface area contributed by atoms with Gasteiger partial charge in [-0.25, -0.2) is 12.8 Å². The molecule has 0 aliphatic carbocycles. The van der Waals surface area contributed by atoms with Crippen LogP contribution in [0, 0.1) is 12.7 Å². The Morgan fingerprint density at radius 1 is 1.15 bits per heavy atom. The van der Waals surface area contributed by atoms with Crippen molar-refractivity contribution in [3.8, 4) is 0 Å². The maximum Gasteiger partial charge on any atom is 0.243 e. The molecule has 1 heterocycles. The Hall–Kier alpha value is -0.980. The Labute approximate surface area is 120 Å². The van der Waals surface area contributed by atoms with Crippen molar-refractivity contribution in [2.45, 2.75) is 31.7 Å². The Kier molecular flexibility index (Phi) is 4.46. The number of sulfonamides is 1. The Bertz CT molecular complexity index is 579. The fraction of sp³-hybridized carbons (Fsp3) is 0.571.